The molecular weight excluding hydrogens is 308 g/mol. The van der Waals surface area contributed by atoms with Crippen molar-refractivity contribution in [2.45, 2.75) is 19.8 Å². The molecule has 0 saturated carbocycles. The van der Waals surface area contributed by atoms with Gasteiger partial charge in [-0.05, 0) is 37.0 Å². The number of nitrogens with one attached hydrogen (secondary N) is 1. The Morgan fingerprint density at radius 3 is 2.04 bits per heavy atom. The van der Waals surface area contributed by atoms with Crippen LogP contribution in [0.4, 0.5) is 0 Å². The van der Waals surface area contributed by atoms with Gasteiger partial charge in [-0.25, -0.2) is 0 Å². The molecule has 1 aliphatic rings. The lowest BCUT2D eigenvalue weighted by Crippen LogP contribution is -2.41. The van der Waals surface area contributed by atoms with Crippen LogP contribution in [0.25, 0.3) is 6.08 Å². The van der Waals surface area contributed by atoms with Gasteiger partial charge in [0.1, 0.15) is 5.84 Å². The number of hydrogen-bond donors (Lipinski definition) is 1. The quantitative estimate of drug-likeness (QED) is 0.789. The summed E-state index contributed by atoms with van der Waals surface area (Å²) in [7, 11) is 0. The zero-order valence-corrected chi connectivity index (χ0v) is 14.2. The monoisotopic (exact) mass is 328 g/mol. The number of benzene rings is 2. The van der Waals surface area contributed by atoms with Crippen molar-refractivity contribution in [2.75, 3.05) is 0 Å². The number of aryl methyl sites for hydroxylation is 1. The summed E-state index contributed by atoms with van der Waals surface area (Å²) in [5, 5.41) is 17.3. The molecule has 0 fully saturated rings. The van der Waals surface area contributed by atoms with Crippen LogP contribution in [0, 0.1) is 17.7 Å². The Morgan fingerprint density at radius 1 is 0.920 bits per heavy atom. The first-order valence-electron chi connectivity index (χ1n) is 8.47. The third kappa shape index (κ3) is 2.80. The summed E-state index contributed by atoms with van der Waals surface area (Å²) >= 11 is 0. The average Bonchev–Trinajstić information content (AvgIpc) is 3.01. The fourth-order valence-electron chi connectivity index (χ4n) is 3.52. The second kappa shape index (κ2) is 6.13. The molecule has 4 rings (SSSR count). The maximum Gasteiger partial charge on any atom is 0.135 e. The Morgan fingerprint density at radius 2 is 1.48 bits per heavy atom. The maximum absolute atomic E-state index is 8.90. The number of allylic oxidation sites excluding steroid dienone is 1. The van der Waals surface area contributed by atoms with Crippen LogP contribution in [0.5, 0.6) is 0 Å². The van der Waals surface area contributed by atoms with Gasteiger partial charge in [-0.1, -0.05) is 72.0 Å². The number of nitrogens with zero attached hydrogens (tertiary/aromatic N) is 3. The summed E-state index contributed by atoms with van der Waals surface area (Å²) in [5.74, 6) is 0.485. The van der Waals surface area contributed by atoms with Gasteiger partial charge in [0, 0.05) is 0 Å². The highest BCUT2D eigenvalue weighted by Crippen LogP contribution is 2.36. The molecule has 0 spiro atoms. The van der Waals surface area contributed by atoms with Gasteiger partial charge in [-0.15, -0.1) is 5.10 Å². The molecule has 0 radical (unpaired) electrons. The molecule has 1 aromatic heterocycles. The van der Waals surface area contributed by atoms with Crippen LogP contribution >= 0.6 is 0 Å². The summed E-state index contributed by atoms with van der Waals surface area (Å²) in [4.78, 5) is 0. The minimum atomic E-state index is -0.435. The molecule has 0 unspecified atom stereocenters. The molecule has 124 valence electrons. The highest BCUT2D eigenvalue weighted by molar-refractivity contribution is 5.93. The van der Waals surface area contributed by atoms with Gasteiger partial charge < -0.3 is 0 Å². The second-order valence-electron chi connectivity index (χ2n) is 6.63. The molecule has 0 saturated heterocycles. The van der Waals surface area contributed by atoms with E-state index in [2.05, 4.69) is 46.7 Å². The molecule has 1 aliphatic heterocycles. The Balaban J connectivity index is 1.78. The van der Waals surface area contributed by atoms with Crippen molar-refractivity contribution in [1.82, 2.24) is 15.0 Å². The first-order valence-corrected chi connectivity index (χ1v) is 8.47. The molecule has 0 bridgehead atoms. The molecule has 4 nitrogen and oxygen atoms in total. The molecule has 3 aromatic rings. The fraction of sp³-hybridized carbons (Fsp3) is 0.190. The van der Waals surface area contributed by atoms with Crippen LogP contribution in [0.2, 0.25) is 0 Å². The van der Waals surface area contributed by atoms with Crippen LogP contribution in [0.3, 0.4) is 0 Å². The third-order valence-corrected chi connectivity index (χ3v) is 4.85. The number of fused-ring (bicyclic) bond motifs is 1. The van der Waals surface area contributed by atoms with Crippen molar-refractivity contribution >= 4 is 11.9 Å². The summed E-state index contributed by atoms with van der Waals surface area (Å²) < 4.78 is 1.68. The normalized spacial score (nSPS) is 15.2. The lowest BCUT2D eigenvalue weighted by atomic mass is 9.73. The van der Waals surface area contributed by atoms with Gasteiger partial charge >= 0.3 is 0 Å². The van der Waals surface area contributed by atoms with E-state index in [4.69, 9.17) is 5.41 Å². The summed E-state index contributed by atoms with van der Waals surface area (Å²) in [6.45, 7) is 1.93. The SMILES string of the molecule is Cc1nnn2c1C=CC(Cc1ccccc1)(Cc1ccccc1)C2=N. The van der Waals surface area contributed by atoms with Crippen LogP contribution in [-0.4, -0.2) is 20.8 Å². The largest absolute Gasteiger partial charge is 0.286 e. The van der Waals surface area contributed by atoms with E-state index in [-0.39, 0.29) is 0 Å². The van der Waals surface area contributed by atoms with Gasteiger partial charge in [-0.2, -0.15) is 4.68 Å². The van der Waals surface area contributed by atoms with Crippen molar-refractivity contribution in [2.24, 2.45) is 5.41 Å². The molecule has 1 N–H and O–H groups in total. The van der Waals surface area contributed by atoms with Gasteiger partial charge in [0.05, 0.1) is 16.8 Å². The second-order valence-corrected chi connectivity index (χ2v) is 6.63. The Bertz CT molecular complexity index is 882. The minimum absolute atomic E-state index is 0.435. The Hall–Kier alpha value is -3.01. The third-order valence-electron chi connectivity index (χ3n) is 4.85. The highest BCUT2D eigenvalue weighted by atomic mass is 15.4. The van der Waals surface area contributed by atoms with Crippen molar-refractivity contribution < 1.29 is 0 Å². The molecule has 0 atom stereocenters. The van der Waals surface area contributed by atoms with Crippen LogP contribution < -0.4 is 0 Å². The molecule has 4 heteroatoms. The van der Waals surface area contributed by atoms with Crippen LogP contribution in [0.1, 0.15) is 22.5 Å². The van der Waals surface area contributed by atoms with E-state index in [0.29, 0.717) is 5.84 Å². The van der Waals surface area contributed by atoms with Crippen molar-refractivity contribution in [3.8, 4) is 0 Å². The van der Waals surface area contributed by atoms with E-state index in [0.717, 1.165) is 24.2 Å². The molecule has 0 aliphatic carbocycles. The topological polar surface area (TPSA) is 54.6 Å². The van der Waals surface area contributed by atoms with Gasteiger partial charge in [0.2, 0.25) is 0 Å². The van der Waals surface area contributed by atoms with Crippen molar-refractivity contribution in [3.63, 3.8) is 0 Å². The predicted octanol–water partition coefficient (Wildman–Crippen LogP) is 3.91. The predicted molar refractivity (Wildman–Crippen MR) is 99.6 cm³/mol. The number of rotatable bonds is 4. The smallest absolute Gasteiger partial charge is 0.135 e. The van der Waals surface area contributed by atoms with E-state index in [1.807, 2.05) is 43.3 Å². The Labute approximate surface area is 147 Å². The molecule has 2 heterocycles. The van der Waals surface area contributed by atoms with Crippen molar-refractivity contribution in [3.05, 3.63) is 89.3 Å². The van der Waals surface area contributed by atoms with E-state index in [9.17, 15) is 0 Å². The lowest BCUT2D eigenvalue weighted by molar-refractivity contribution is 0.494. The van der Waals surface area contributed by atoms with E-state index in [1.54, 1.807) is 4.68 Å². The zero-order chi connectivity index (χ0) is 17.3. The minimum Gasteiger partial charge on any atom is -0.286 e. The fourth-order valence-corrected chi connectivity index (χ4v) is 3.52. The average molecular weight is 328 g/mol. The lowest BCUT2D eigenvalue weighted by Gasteiger charge is -2.34. The van der Waals surface area contributed by atoms with Crippen molar-refractivity contribution in [1.29, 1.82) is 5.41 Å². The number of aromatic nitrogens is 3. The summed E-state index contributed by atoms with van der Waals surface area (Å²) in [6.07, 6.45) is 5.76. The van der Waals surface area contributed by atoms with E-state index >= 15 is 0 Å². The first kappa shape index (κ1) is 15.5. The Kier molecular flexibility index (Phi) is 3.80. The summed E-state index contributed by atoms with van der Waals surface area (Å²) in [6, 6.07) is 20.7. The van der Waals surface area contributed by atoms with Gasteiger partial charge in [0.25, 0.3) is 0 Å². The first-order chi connectivity index (χ1) is 12.2. The molecule has 2 aromatic carbocycles. The van der Waals surface area contributed by atoms with E-state index in [1.165, 1.54) is 11.1 Å². The zero-order valence-electron chi connectivity index (χ0n) is 14.2. The van der Waals surface area contributed by atoms with Crippen LogP contribution in [-0.2, 0) is 12.8 Å². The van der Waals surface area contributed by atoms with Gasteiger partial charge in [-0.3, -0.25) is 5.41 Å². The molecule has 0 amide bonds. The maximum atomic E-state index is 8.90. The standard InChI is InChI=1S/C21H20N4/c1-16-19-12-13-21(20(22)25(19)24-23-16,14-17-8-4-2-5-9-17)15-18-10-6-3-7-11-18/h2-13,22H,14-15H2,1H3. The van der Waals surface area contributed by atoms with E-state index < -0.39 is 5.41 Å². The van der Waals surface area contributed by atoms with Crippen LogP contribution in [0.15, 0.2) is 66.7 Å². The molecule has 25 heavy (non-hydrogen) atoms. The summed E-state index contributed by atoms with van der Waals surface area (Å²) in [5.41, 5.74) is 3.76. The van der Waals surface area contributed by atoms with Gasteiger partial charge in [0.15, 0.2) is 0 Å². The highest BCUT2D eigenvalue weighted by Gasteiger charge is 2.38. The number of hydrogen-bond acceptors (Lipinski definition) is 3. The molecular formula is C21H20N4.